The molecular weight excluding hydrogens is 262 g/mol. The van der Waals surface area contributed by atoms with Gasteiger partial charge in [0.05, 0.1) is 18.7 Å². The highest BCUT2D eigenvalue weighted by molar-refractivity contribution is 5.97. The van der Waals surface area contributed by atoms with Crippen LogP contribution in [0.3, 0.4) is 0 Å². The van der Waals surface area contributed by atoms with E-state index in [1.165, 1.54) is 11.1 Å². The van der Waals surface area contributed by atoms with Crippen molar-refractivity contribution in [3.8, 4) is 5.75 Å². The number of hydrogen-bond donors (Lipinski definition) is 1. The zero-order chi connectivity index (χ0) is 14.7. The normalized spacial score (nSPS) is 16.9. The molecule has 1 aliphatic rings. The Morgan fingerprint density at radius 2 is 1.90 bits per heavy atom. The molecule has 0 saturated carbocycles. The summed E-state index contributed by atoms with van der Waals surface area (Å²) >= 11 is 0. The summed E-state index contributed by atoms with van der Waals surface area (Å²) in [5.41, 5.74) is 3.17. The van der Waals surface area contributed by atoms with E-state index < -0.39 is 0 Å². The molecule has 1 amide bonds. The van der Waals surface area contributed by atoms with E-state index in [1.54, 1.807) is 13.2 Å². The van der Waals surface area contributed by atoms with Gasteiger partial charge in [-0.1, -0.05) is 36.4 Å². The Morgan fingerprint density at radius 3 is 2.76 bits per heavy atom. The van der Waals surface area contributed by atoms with E-state index in [4.69, 9.17) is 4.74 Å². The van der Waals surface area contributed by atoms with Crippen molar-refractivity contribution in [2.75, 3.05) is 7.11 Å². The van der Waals surface area contributed by atoms with E-state index >= 15 is 0 Å². The zero-order valence-electron chi connectivity index (χ0n) is 12.1. The molecule has 0 heterocycles. The molecule has 3 rings (SSSR count). The maximum atomic E-state index is 12.5. The second kappa shape index (κ2) is 6.00. The molecule has 0 spiro atoms. The first kappa shape index (κ1) is 13.7. The highest BCUT2D eigenvalue weighted by Crippen LogP contribution is 2.30. The summed E-state index contributed by atoms with van der Waals surface area (Å²) in [7, 11) is 1.59. The third-order valence-corrected chi connectivity index (χ3v) is 4.03. The highest BCUT2D eigenvalue weighted by Gasteiger charge is 2.22. The van der Waals surface area contributed by atoms with Crippen LogP contribution in [0.2, 0.25) is 0 Å². The molecule has 0 saturated heterocycles. The van der Waals surface area contributed by atoms with Gasteiger partial charge in [0.25, 0.3) is 5.91 Å². The van der Waals surface area contributed by atoms with E-state index in [9.17, 15) is 4.79 Å². The molecule has 21 heavy (non-hydrogen) atoms. The SMILES string of the molecule is COc1ccccc1C(=O)N[C@@H]1CCCc2ccccc21. The van der Waals surface area contributed by atoms with Crippen LogP contribution in [0.1, 0.15) is 40.4 Å². The van der Waals surface area contributed by atoms with Crippen molar-refractivity contribution in [1.29, 1.82) is 0 Å². The Morgan fingerprint density at radius 1 is 1.14 bits per heavy atom. The number of methoxy groups -OCH3 is 1. The average Bonchev–Trinajstić information content (AvgIpc) is 2.55. The Balaban J connectivity index is 1.83. The molecule has 2 aromatic carbocycles. The Kier molecular flexibility index (Phi) is 3.91. The summed E-state index contributed by atoms with van der Waals surface area (Å²) in [5.74, 6) is 0.535. The van der Waals surface area contributed by atoms with Crippen molar-refractivity contribution < 1.29 is 9.53 Å². The van der Waals surface area contributed by atoms with Crippen molar-refractivity contribution >= 4 is 5.91 Å². The molecule has 0 fully saturated rings. The molecule has 1 aliphatic carbocycles. The van der Waals surface area contributed by atoms with E-state index in [1.807, 2.05) is 24.3 Å². The molecule has 0 unspecified atom stereocenters. The van der Waals surface area contributed by atoms with Gasteiger partial charge in [-0.25, -0.2) is 0 Å². The predicted molar refractivity (Wildman–Crippen MR) is 82.6 cm³/mol. The summed E-state index contributed by atoms with van der Waals surface area (Å²) in [4.78, 5) is 12.5. The number of carbonyl (C=O) groups is 1. The standard InChI is InChI=1S/C18H19NO2/c1-21-17-12-5-4-10-15(17)18(20)19-16-11-6-8-13-7-2-3-9-14(13)16/h2-5,7,9-10,12,16H,6,8,11H2,1H3,(H,19,20)/t16-/m1/s1. The lowest BCUT2D eigenvalue weighted by Gasteiger charge is -2.26. The Bertz CT molecular complexity index is 651. The van der Waals surface area contributed by atoms with Crippen molar-refractivity contribution in [3.05, 3.63) is 65.2 Å². The number of fused-ring (bicyclic) bond motifs is 1. The summed E-state index contributed by atoms with van der Waals surface area (Å²) in [5, 5.41) is 3.15. The van der Waals surface area contributed by atoms with Gasteiger partial charge < -0.3 is 10.1 Å². The van der Waals surface area contributed by atoms with Gasteiger partial charge in [-0.15, -0.1) is 0 Å². The Labute approximate surface area is 124 Å². The fourth-order valence-corrected chi connectivity index (χ4v) is 2.97. The van der Waals surface area contributed by atoms with Crippen LogP contribution >= 0.6 is 0 Å². The number of carbonyl (C=O) groups excluding carboxylic acids is 1. The summed E-state index contributed by atoms with van der Waals surface area (Å²) in [6.45, 7) is 0. The highest BCUT2D eigenvalue weighted by atomic mass is 16.5. The van der Waals surface area contributed by atoms with Gasteiger partial charge >= 0.3 is 0 Å². The molecule has 3 heteroatoms. The minimum absolute atomic E-state index is 0.0749. The Hall–Kier alpha value is -2.29. The van der Waals surface area contributed by atoms with Crippen LogP contribution in [-0.4, -0.2) is 13.0 Å². The van der Waals surface area contributed by atoms with Crippen molar-refractivity contribution in [2.45, 2.75) is 25.3 Å². The van der Waals surface area contributed by atoms with Gasteiger partial charge in [-0.05, 0) is 42.5 Å². The number of nitrogens with one attached hydrogen (secondary N) is 1. The fraction of sp³-hybridized carbons (Fsp3) is 0.278. The molecule has 108 valence electrons. The smallest absolute Gasteiger partial charge is 0.255 e. The summed E-state index contributed by atoms with van der Waals surface area (Å²) < 4.78 is 5.26. The van der Waals surface area contributed by atoms with Crippen LogP contribution < -0.4 is 10.1 Å². The molecule has 0 aromatic heterocycles. The lowest BCUT2D eigenvalue weighted by atomic mass is 9.87. The van der Waals surface area contributed by atoms with Gasteiger partial charge in [-0.3, -0.25) is 4.79 Å². The van der Waals surface area contributed by atoms with Crippen LogP contribution in [0.15, 0.2) is 48.5 Å². The maximum absolute atomic E-state index is 12.5. The predicted octanol–water partition coefficient (Wildman–Crippen LogP) is 3.50. The van der Waals surface area contributed by atoms with E-state index in [0.29, 0.717) is 11.3 Å². The second-order valence-corrected chi connectivity index (χ2v) is 5.32. The lowest BCUT2D eigenvalue weighted by Crippen LogP contribution is -2.31. The molecule has 1 atom stereocenters. The van der Waals surface area contributed by atoms with Crippen LogP contribution in [-0.2, 0) is 6.42 Å². The third kappa shape index (κ3) is 2.77. The minimum atomic E-state index is -0.0749. The summed E-state index contributed by atoms with van der Waals surface area (Å²) in [6.07, 6.45) is 3.18. The van der Waals surface area contributed by atoms with Crippen LogP contribution in [0.25, 0.3) is 0 Å². The minimum Gasteiger partial charge on any atom is -0.496 e. The number of amides is 1. The molecule has 0 radical (unpaired) electrons. The lowest BCUT2D eigenvalue weighted by molar-refractivity contribution is 0.0929. The quantitative estimate of drug-likeness (QED) is 0.935. The third-order valence-electron chi connectivity index (χ3n) is 4.03. The van der Waals surface area contributed by atoms with E-state index in [-0.39, 0.29) is 11.9 Å². The van der Waals surface area contributed by atoms with E-state index in [2.05, 4.69) is 23.5 Å². The molecular formula is C18H19NO2. The van der Waals surface area contributed by atoms with Crippen molar-refractivity contribution in [2.24, 2.45) is 0 Å². The van der Waals surface area contributed by atoms with Crippen LogP contribution in [0.5, 0.6) is 5.75 Å². The number of para-hydroxylation sites is 1. The average molecular weight is 281 g/mol. The first-order valence-corrected chi connectivity index (χ1v) is 7.31. The fourth-order valence-electron chi connectivity index (χ4n) is 2.97. The zero-order valence-corrected chi connectivity index (χ0v) is 12.1. The topological polar surface area (TPSA) is 38.3 Å². The number of rotatable bonds is 3. The molecule has 1 N–H and O–H groups in total. The molecule has 0 aliphatic heterocycles. The first-order chi connectivity index (χ1) is 10.3. The van der Waals surface area contributed by atoms with Gasteiger partial charge in [0.15, 0.2) is 0 Å². The number of benzene rings is 2. The number of ether oxygens (including phenoxy) is 1. The summed E-state index contributed by atoms with van der Waals surface area (Å²) in [6, 6.07) is 15.8. The molecule has 2 aromatic rings. The largest absolute Gasteiger partial charge is 0.496 e. The first-order valence-electron chi connectivity index (χ1n) is 7.31. The number of aryl methyl sites for hydroxylation is 1. The monoisotopic (exact) mass is 281 g/mol. The van der Waals surface area contributed by atoms with E-state index in [0.717, 1.165) is 19.3 Å². The maximum Gasteiger partial charge on any atom is 0.255 e. The van der Waals surface area contributed by atoms with Crippen LogP contribution in [0, 0.1) is 0 Å². The van der Waals surface area contributed by atoms with Gasteiger partial charge in [-0.2, -0.15) is 0 Å². The molecule has 0 bridgehead atoms. The van der Waals surface area contributed by atoms with Gasteiger partial charge in [0.2, 0.25) is 0 Å². The van der Waals surface area contributed by atoms with Crippen molar-refractivity contribution in [1.82, 2.24) is 5.32 Å². The van der Waals surface area contributed by atoms with Crippen molar-refractivity contribution in [3.63, 3.8) is 0 Å². The second-order valence-electron chi connectivity index (χ2n) is 5.32. The van der Waals surface area contributed by atoms with Gasteiger partial charge in [0.1, 0.15) is 5.75 Å². The van der Waals surface area contributed by atoms with Gasteiger partial charge in [0, 0.05) is 0 Å². The molecule has 3 nitrogen and oxygen atoms in total. The number of hydrogen-bond acceptors (Lipinski definition) is 2. The van der Waals surface area contributed by atoms with Crippen LogP contribution in [0.4, 0.5) is 0 Å².